The van der Waals surface area contributed by atoms with E-state index >= 15 is 0 Å². The van der Waals surface area contributed by atoms with Crippen molar-refractivity contribution in [2.24, 2.45) is 0 Å². The van der Waals surface area contributed by atoms with Crippen molar-refractivity contribution >= 4 is 23.1 Å². The number of H-pyrrole nitrogens is 1. The Bertz CT molecular complexity index is 888. The van der Waals surface area contributed by atoms with Gasteiger partial charge in [0.05, 0.1) is 17.3 Å². The molecule has 0 aliphatic rings. The number of hydrogen-bond acceptors (Lipinski definition) is 2. The van der Waals surface area contributed by atoms with E-state index in [0.29, 0.717) is 16.6 Å². The summed E-state index contributed by atoms with van der Waals surface area (Å²) in [6.07, 6.45) is 3.36. The Labute approximate surface area is 119 Å². The highest BCUT2D eigenvalue weighted by atomic mass is 19.1. The summed E-state index contributed by atoms with van der Waals surface area (Å²) in [5.74, 6) is -0.880. The van der Waals surface area contributed by atoms with Crippen LogP contribution in [-0.4, -0.2) is 10.2 Å². The lowest BCUT2D eigenvalue weighted by molar-refractivity contribution is 0.627. The van der Waals surface area contributed by atoms with Crippen LogP contribution in [0.2, 0.25) is 0 Å². The first-order valence-corrected chi connectivity index (χ1v) is 6.19. The van der Waals surface area contributed by atoms with Gasteiger partial charge in [-0.1, -0.05) is 18.2 Å². The fourth-order valence-corrected chi connectivity index (χ4v) is 2.08. The maximum atomic E-state index is 13.8. The molecule has 3 aromatic rings. The second-order valence-corrected chi connectivity index (χ2v) is 4.49. The Hall–Kier alpha value is -3.00. The van der Waals surface area contributed by atoms with Crippen LogP contribution in [0, 0.1) is 23.0 Å². The molecule has 5 heteroatoms. The molecule has 1 aromatic heterocycles. The van der Waals surface area contributed by atoms with Crippen LogP contribution in [0.1, 0.15) is 16.8 Å². The third kappa shape index (κ3) is 2.51. The van der Waals surface area contributed by atoms with Crippen molar-refractivity contribution in [2.75, 3.05) is 0 Å². The summed E-state index contributed by atoms with van der Waals surface area (Å²) >= 11 is 0. The molecule has 0 unspecified atom stereocenters. The number of aromatic amines is 1. The second-order valence-electron chi connectivity index (χ2n) is 4.49. The number of fused-ring (bicyclic) bond motifs is 1. The molecule has 3 nitrogen and oxygen atoms in total. The van der Waals surface area contributed by atoms with Gasteiger partial charge >= 0.3 is 0 Å². The molecule has 0 atom stereocenters. The number of halogens is 2. The Morgan fingerprint density at radius 1 is 1.14 bits per heavy atom. The molecule has 3 rings (SSSR count). The average Bonchev–Trinajstić information content (AvgIpc) is 2.88. The lowest BCUT2D eigenvalue weighted by atomic mass is 10.1. The van der Waals surface area contributed by atoms with Crippen LogP contribution in [-0.2, 0) is 0 Å². The maximum Gasteiger partial charge on any atom is 0.152 e. The molecule has 0 aliphatic heterocycles. The van der Waals surface area contributed by atoms with Crippen LogP contribution in [0.15, 0.2) is 36.4 Å². The summed E-state index contributed by atoms with van der Waals surface area (Å²) in [4.78, 5) is 0. The molecule has 0 amide bonds. The van der Waals surface area contributed by atoms with E-state index in [-0.39, 0.29) is 16.9 Å². The average molecular weight is 281 g/mol. The van der Waals surface area contributed by atoms with Crippen molar-refractivity contribution in [2.45, 2.75) is 0 Å². The number of hydrogen-bond donors (Lipinski definition) is 1. The molecular weight excluding hydrogens is 272 g/mol. The van der Waals surface area contributed by atoms with Crippen molar-refractivity contribution < 1.29 is 8.78 Å². The highest BCUT2D eigenvalue weighted by Crippen LogP contribution is 2.22. The molecule has 21 heavy (non-hydrogen) atoms. The van der Waals surface area contributed by atoms with Gasteiger partial charge in [0.2, 0.25) is 0 Å². The number of rotatable bonds is 2. The molecule has 0 radical (unpaired) electrons. The Kier molecular flexibility index (Phi) is 3.20. The lowest BCUT2D eigenvalue weighted by Gasteiger charge is -1.95. The van der Waals surface area contributed by atoms with E-state index in [9.17, 15) is 8.78 Å². The van der Waals surface area contributed by atoms with Gasteiger partial charge in [-0.3, -0.25) is 5.10 Å². The zero-order valence-corrected chi connectivity index (χ0v) is 10.8. The van der Waals surface area contributed by atoms with E-state index in [1.165, 1.54) is 12.1 Å². The van der Waals surface area contributed by atoms with Crippen molar-refractivity contribution in [1.29, 1.82) is 5.26 Å². The van der Waals surface area contributed by atoms with Crippen molar-refractivity contribution in [3.8, 4) is 6.07 Å². The van der Waals surface area contributed by atoms with Gasteiger partial charge in [-0.15, -0.1) is 0 Å². The molecule has 0 aliphatic carbocycles. The minimum absolute atomic E-state index is 0.174. The van der Waals surface area contributed by atoms with Crippen LogP contribution in [0.3, 0.4) is 0 Å². The topological polar surface area (TPSA) is 52.5 Å². The molecule has 0 saturated heterocycles. The predicted molar refractivity (Wildman–Crippen MR) is 76.1 cm³/mol. The molecule has 0 fully saturated rings. The first kappa shape index (κ1) is 13.0. The number of nitrogens with zero attached hydrogens (tertiary/aromatic N) is 2. The van der Waals surface area contributed by atoms with Gasteiger partial charge in [-0.25, -0.2) is 8.78 Å². The van der Waals surface area contributed by atoms with Gasteiger partial charge in [0.1, 0.15) is 11.3 Å². The molecule has 102 valence electrons. The fourth-order valence-electron chi connectivity index (χ4n) is 2.08. The van der Waals surface area contributed by atoms with E-state index in [2.05, 4.69) is 10.2 Å². The lowest BCUT2D eigenvalue weighted by Crippen LogP contribution is -1.82. The Morgan fingerprint density at radius 3 is 2.76 bits per heavy atom. The van der Waals surface area contributed by atoms with Crippen LogP contribution >= 0.6 is 0 Å². The zero-order valence-electron chi connectivity index (χ0n) is 10.8. The van der Waals surface area contributed by atoms with E-state index in [4.69, 9.17) is 5.26 Å². The molecule has 1 heterocycles. The number of nitrogens with one attached hydrogen (secondary N) is 1. The molecule has 0 saturated carbocycles. The molecule has 0 spiro atoms. The molecule has 2 aromatic carbocycles. The Morgan fingerprint density at radius 2 is 2.00 bits per heavy atom. The highest BCUT2D eigenvalue weighted by Gasteiger charge is 2.09. The molecular formula is C16H9F2N3. The zero-order chi connectivity index (χ0) is 14.8. The molecule has 1 N–H and O–H groups in total. The van der Waals surface area contributed by atoms with Crippen molar-refractivity contribution in [3.63, 3.8) is 0 Å². The first-order valence-electron chi connectivity index (χ1n) is 6.19. The van der Waals surface area contributed by atoms with Gasteiger partial charge in [0, 0.05) is 5.39 Å². The number of nitriles is 1. The predicted octanol–water partition coefficient (Wildman–Crippen LogP) is 3.88. The van der Waals surface area contributed by atoms with Gasteiger partial charge in [0.15, 0.2) is 5.82 Å². The van der Waals surface area contributed by atoms with E-state index < -0.39 is 5.82 Å². The highest BCUT2D eigenvalue weighted by molar-refractivity contribution is 5.90. The third-order valence-electron chi connectivity index (χ3n) is 3.06. The van der Waals surface area contributed by atoms with E-state index in [1.807, 2.05) is 6.07 Å². The van der Waals surface area contributed by atoms with Crippen LogP contribution in [0.5, 0.6) is 0 Å². The summed E-state index contributed by atoms with van der Waals surface area (Å²) < 4.78 is 26.9. The van der Waals surface area contributed by atoms with Crippen molar-refractivity contribution in [3.05, 3.63) is 64.9 Å². The summed E-state index contributed by atoms with van der Waals surface area (Å²) in [6.45, 7) is 0. The molecule has 0 bridgehead atoms. The fraction of sp³-hybridized carbons (Fsp3) is 0. The standard InChI is InChI=1S/C16H9F2N3/c17-12-3-1-2-10(6-12)4-5-15-13-7-11(9-19)8-14(18)16(13)21-20-15/h1-8H,(H,20,21). The maximum absolute atomic E-state index is 13.8. The number of benzene rings is 2. The smallest absolute Gasteiger partial charge is 0.152 e. The van der Waals surface area contributed by atoms with Gasteiger partial charge in [-0.05, 0) is 35.9 Å². The summed E-state index contributed by atoms with van der Waals surface area (Å²) in [5.41, 5.74) is 1.63. The van der Waals surface area contributed by atoms with Crippen LogP contribution in [0.25, 0.3) is 23.1 Å². The van der Waals surface area contributed by atoms with Gasteiger partial charge in [-0.2, -0.15) is 10.4 Å². The monoisotopic (exact) mass is 281 g/mol. The van der Waals surface area contributed by atoms with Crippen molar-refractivity contribution in [1.82, 2.24) is 10.2 Å². The summed E-state index contributed by atoms with van der Waals surface area (Å²) in [6, 6.07) is 10.7. The summed E-state index contributed by atoms with van der Waals surface area (Å²) in [7, 11) is 0. The SMILES string of the molecule is N#Cc1cc(F)c2n[nH]c(C=Cc3cccc(F)c3)c2c1. The van der Waals surface area contributed by atoms with Crippen LogP contribution < -0.4 is 0 Å². The quantitative estimate of drug-likeness (QED) is 0.775. The van der Waals surface area contributed by atoms with Gasteiger partial charge in [0.25, 0.3) is 0 Å². The summed E-state index contributed by atoms with van der Waals surface area (Å²) in [5, 5.41) is 16.0. The minimum atomic E-state index is -0.550. The third-order valence-corrected chi connectivity index (χ3v) is 3.06. The minimum Gasteiger partial charge on any atom is -0.277 e. The number of aromatic nitrogens is 2. The van der Waals surface area contributed by atoms with E-state index in [1.54, 1.807) is 30.4 Å². The largest absolute Gasteiger partial charge is 0.277 e. The van der Waals surface area contributed by atoms with E-state index in [0.717, 1.165) is 6.07 Å². The van der Waals surface area contributed by atoms with Gasteiger partial charge < -0.3 is 0 Å². The Balaban J connectivity index is 2.05. The van der Waals surface area contributed by atoms with Crippen LogP contribution in [0.4, 0.5) is 8.78 Å². The second kappa shape index (κ2) is 5.17. The first-order chi connectivity index (χ1) is 10.2. The normalized spacial score (nSPS) is 11.1.